The third-order valence-corrected chi connectivity index (χ3v) is 4.60. The zero-order chi connectivity index (χ0) is 13.9. The molecule has 2 aromatic rings. The minimum absolute atomic E-state index is 0.434. The van der Waals surface area contributed by atoms with Gasteiger partial charge in [0.05, 0.1) is 0 Å². The minimum Gasteiger partial charge on any atom is -0.508 e. The van der Waals surface area contributed by atoms with E-state index in [0.29, 0.717) is 11.8 Å². The van der Waals surface area contributed by atoms with E-state index in [2.05, 4.69) is 36.1 Å². The van der Waals surface area contributed by atoms with Gasteiger partial charge in [0.2, 0.25) is 0 Å². The van der Waals surface area contributed by atoms with E-state index in [4.69, 9.17) is 0 Å². The van der Waals surface area contributed by atoms with Crippen LogP contribution in [0.5, 0.6) is 5.75 Å². The maximum atomic E-state index is 10.3. The lowest BCUT2D eigenvalue weighted by Crippen LogP contribution is -2.38. The molecule has 0 bridgehead atoms. The Morgan fingerprint density at radius 2 is 2.00 bits per heavy atom. The molecular formula is C18H23NO. The second kappa shape index (κ2) is 5.84. The molecule has 1 N–H and O–H groups in total. The number of aromatic hydroxyl groups is 1. The van der Waals surface area contributed by atoms with Gasteiger partial charge in [-0.05, 0) is 42.6 Å². The van der Waals surface area contributed by atoms with Crippen LogP contribution in [0, 0.1) is 0 Å². The Kier molecular flexibility index (Phi) is 3.93. The number of fused-ring (bicyclic) bond motifs is 1. The summed E-state index contributed by atoms with van der Waals surface area (Å²) in [6.45, 7) is 4.29. The first kappa shape index (κ1) is 13.4. The number of nitrogens with zero attached hydrogens (tertiary/aromatic N) is 1. The summed E-state index contributed by atoms with van der Waals surface area (Å²) in [5, 5.41) is 12.7. The van der Waals surface area contributed by atoms with Gasteiger partial charge in [-0.25, -0.2) is 0 Å². The van der Waals surface area contributed by atoms with Crippen molar-refractivity contribution in [2.45, 2.75) is 45.2 Å². The van der Waals surface area contributed by atoms with Crippen molar-refractivity contribution in [3.8, 4) is 5.75 Å². The fourth-order valence-corrected chi connectivity index (χ4v) is 3.42. The minimum atomic E-state index is 0.434. The van der Waals surface area contributed by atoms with Gasteiger partial charge in [0.15, 0.2) is 0 Å². The number of phenols is 1. The Morgan fingerprint density at radius 3 is 2.85 bits per heavy atom. The summed E-state index contributed by atoms with van der Waals surface area (Å²) in [6.07, 6.45) is 5.12. The van der Waals surface area contributed by atoms with Crippen molar-refractivity contribution in [1.82, 2.24) is 4.90 Å². The first-order valence-corrected chi connectivity index (χ1v) is 7.73. The molecule has 106 valence electrons. The number of hydrogen-bond acceptors (Lipinski definition) is 2. The highest BCUT2D eigenvalue weighted by Gasteiger charge is 2.22. The normalized spacial score (nSPS) is 20.4. The SMILES string of the molecule is CCC1CCCCN1Cc1c(O)ccc2ccccc12. The Balaban J connectivity index is 1.95. The summed E-state index contributed by atoms with van der Waals surface area (Å²) >= 11 is 0. The van der Waals surface area contributed by atoms with Crippen molar-refractivity contribution in [3.05, 3.63) is 42.0 Å². The highest BCUT2D eigenvalue weighted by atomic mass is 16.3. The Hall–Kier alpha value is -1.54. The van der Waals surface area contributed by atoms with E-state index in [-0.39, 0.29) is 0 Å². The van der Waals surface area contributed by atoms with Crippen LogP contribution in [0.4, 0.5) is 0 Å². The van der Waals surface area contributed by atoms with Gasteiger partial charge in [-0.3, -0.25) is 4.90 Å². The maximum absolute atomic E-state index is 10.3. The van der Waals surface area contributed by atoms with Gasteiger partial charge in [0.25, 0.3) is 0 Å². The van der Waals surface area contributed by atoms with E-state index in [1.807, 2.05) is 12.1 Å². The van der Waals surface area contributed by atoms with Crippen LogP contribution in [0.25, 0.3) is 10.8 Å². The molecule has 0 aliphatic carbocycles. The fraction of sp³-hybridized carbons (Fsp3) is 0.444. The van der Waals surface area contributed by atoms with Crippen molar-refractivity contribution in [1.29, 1.82) is 0 Å². The van der Waals surface area contributed by atoms with E-state index in [1.54, 1.807) is 0 Å². The van der Waals surface area contributed by atoms with E-state index in [9.17, 15) is 5.11 Å². The molecule has 2 nitrogen and oxygen atoms in total. The Bertz CT molecular complexity index is 593. The van der Waals surface area contributed by atoms with Gasteiger partial charge in [-0.2, -0.15) is 0 Å². The molecule has 0 amide bonds. The molecule has 1 heterocycles. The van der Waals surface area contributed by atoms with E-state index < -0.39 is 0 Å². The topological polar surface area (TPSA) is 23.5 Å². The van der Waals surface area contributed by atoms with Crippen LogP contribution in [0.1, 0.15) is 38.2 Å². The molecule has 1 unspecified atom stereocenters. The van der Waals surface area contributed by atoms with Crippen LogP contribution < -0.4 is 0 Å². The Labute approximate surface area is 121 Å². The van der Waals surface area contributed by atoms with Crippen LogP contribution in [-0.2, 0) is 6.54 Å². The molecule has 1 aliphatic heterocycles. The number of hydrogen-bond donors (Lipinski definition) is 1. The summed E-state index contributed by atoms with van der Waals surface area (Å²) in [6, 6.07) is 12.9. The third-order valence-electron chi connectivity index (χ3n) is 4.60. The molecule has 2 heteroatoms. The Morgan fingerprint density at radius 1 is 1.15 bits per heavy atom. The van der Waals surface area contributed by atoms with Crippen molar-refractivity contribution in [2.24, 2.45) is 0 Å². The average molecular weight is 269 g/mol. The summed E-state index contributed by atoms with van der Waals surface area (Å²) < 4.78 is 0. The molecule has 1 saturated heterocycles. The molecule has 0 aromatic heterocycles. The van der Waals surface area contributed by atoms with Gasteiger partial charge >= 0.3 is 0 Å². The molecule has 0 spiro atoms. The monoisotopic (exact) mass is 269 g/mol. The van der Waals surface area contributed by atoms with Crippen molar-refractivity contribution in [2.75, 3.05) is 6.54 Å². The van der Waals surface area contributed by atoms with Gasteiger partial charge in [-0.1, -0.05) is 43.7 Å². The molecule has 20 heavy (non-hydrogen) atoms. The molecule has 2 aromatic carbocycles. The van der Waals surface area contributed by atoms with Crippen LogP contribution in [0.3, 0.4) is 0 Å². The highest BCUT2D eigenvalue weighted by molar-refractivity contribution is 5.87. The number of benzene rings is 2. The summed E-state index contributed by atoms with van der Waals surface area (Å²) in [5.41, 5.74) is 1.09. The standard InChI is InChI=1S/C18H23NO/c1-2-15-8-5-6-12-19(15)13-17-16-9-4-3-7-14(16)10-11-18(17)20/h3-4,7,9-11,15,20H,2,5-6,8,12-13H2,1H3. The number of likely N-dealkylation sites (tertiary alicyclic amines) is 1. The summed E-state index contributed by atoms with van der Waals surface area (Å²) in [4.78, 5) is 2.55. The smallest absolute Gasteiger partial charge is 0.120 e. The predicted molar refractivity (Wildman–Crippen MR) is 84.0 cm³/mol. The number of phenolic OH excluding ortho intramolecular Hbond substituents is 1. The van der Waals surface area contributed by atoms with Gasteiger partial charge in [0.1, 0.15) is 5.75 Å². The fourth-order valence-electron chi connectivity index (χ4n) is 3.42. The zero-order valence-corrected chi connectivity index (χ0v) is 12.2. The predicted octanol–water partition coefficient (Wildman–Crippen LogP) is 4.31. The van der Waals surface area contributed by atoms with Gasteiger partial charge in [0, 0.05) is 18.2 Å². The quantitative estimate of drug-likeness (QED) is 0.897. The molecule has 1 atom stereocenters. The second-order valence-electron chi connectivity index (χ2n) is 5.81. The first-order valence-electron chi connectivity index (χ1n) is 7.73. The van der Waals surface area contributed by atoms with Gasteiger partial charge < -0.3 is 5.11 Å². The molecule has 0 radical (unpaired) electrons. The van der Waals surface area contributed by atoms with Crippen molar-refractivity contribution in [3.63, 3.8) is 0 Å². The van der Waals surface area contributed by atoms with E-state index >= 15 is 0 Å². The zero-order valence-electron chi connectivity index (χ0n) is 12.2. The van der Waals surface area contributed by atoms with Crippen LogP contribution in [-0.4, -0.2) is 22.6 Å². The van der Waals surface area contributed by atoms with Crippen LogP contribution >= 0.6 is 0 Å². The lowest BCUT2D eigenvalue weighted by Gasteiger charge is -2.35. The second-order valence-corrected chi connectivity index (χ2v) is 5.81. The number of piperidine rings is 1. The summed E-state index contributed by atoms with van der Waals surface area (Å²) in [7, 11) is 0. The summed E-state index contributed by atoms with van der Waals surface area (Å²) in [5.74, 6) is 0.434. The molecular weight excluding hydrogens is 246 g/mol. The number of rotatable bonds is 3. The van der Waals surface area contributed by atoms with Crippen molar-refractivity contribution < 1.29 is 5.11 Å². The largest absolute Gasteiger partial charge is 0.508 e. The van der Waals surface area contributed by atoms with Gasteiger partial charge in [-0.15, -0.1) is 0 Å². The average Bonchev–Trinajstić information content (AvgIpc) is 2.50. The lowest BCUT2D eigenvalue weighted by atomic mass is 9.97. The van der Waals surface area contributed by atoms with Crippen LogP contribution in [0.15, 0.2) is 36.4 Å². The first-order chi connectivity index (χ1) is 9.79. The third kappa shape index (κ3) is 2.53. The van der Waals surface area contributed by atoms with Crippen molar-refractivity contribution >= 4 is 10.8 Å². The van der Waals surface area contributed by atoms with E-state index in [0.717, 1.165) is 18.7 Å². The molecule has 0 saturated carbocycles. The van der Waals surface area contributed by atoms with E-state index in [1.165, 1.54) is 36.5 Å². The molecule has 3 rings (SSSR count). The highest BCUT2D eigenvalue weighted by Crippen LogP contribution is 2.30. The van der Waals surface area contributed by atoms with Crippen LogP contribution in [0.2, 0.25) is 0 Å². The lowest BCUT2D eigenvalue weighted by molar-refractivity contribution is 0.135. The maximum Gasteiger partial charge on any atom is 0.120 e. The molecule has 1 aliphatic rings. The molecule has 1 fully saturated rings.